The van der Waals surface area contributed by atoms with Crippen LogP contribution in [0.15, 0.2) is 34.2 Å². The second-order valence-electron chi connectivity index (χ2n) is 7.92. The summed E-state index contributed by atoms with van der Waals surface area (Å²) in [4.78, 5) is 19.4. The molecular weight excluding hydrogens is 346 g/mol. The van der Waals surface area contributed by atoms with Crippen LogP contribution in [0.1, 0.15) is 32.7 Å². The van der Waals surface area contributed by atoms with Crippen molar-refractivity contribution >= 4 is 22.7 Å². The first-order valence-corrected chi connectivity index (χ1v) is 10.7. The van der Waals surface area contributed by atoms with Gasteiger partial charge in [-0.1, -0.05) is 37.7 Å². The molecule has 1 unspecified atom stereocenters. The van der Waals surface area contributed by atoms with Crippen molar-refractivity contribution in [3.8, 4) is 0 Å². The van der Waals surface area contributed by atoms with Crippen molar-refractivity contribution in [1.29, 1.82) is 0 Å². The summed E-state index contributed by atoms with van der Waals surface area (Å²) in [6.07, 6.45) is 2.40. The van der Waals surface area contributed by atoms with E-state index in [-0.39, 0.29) is 11.7 Å². The van der Waals surface area contributed by atoms with Crippen molar-refractivity contribution in [2.45, 2.75) is 44.0 Å². The van der Waals surface area contributed by atoms with Gasteiger partial charge in [-0.25, -0.2) is 4.98 Å². The van der Waals surface area contributed by atoms with Crippen molar-refractivity contribution < 1.29 is 9.64 Å². The second-order valence-corrected chi connectivity index (χ2v) is 8.91. The Morgan fingerprint density at radius 1 is 1.35 bits per heavy atom. The predicted molar refractivity (Wildman–Crippen MR) is 105 cm³/mol. The molecule has 1 aromatic heterocycles. The molecule has 5 nitrogen and oxygen atoms in total. The monoisotopic (exact) mass is 374 g/mol. The molecule has 2 atom stereocenters. The summed E-state index contributed by atoms with van der Waals surface area (Å²) in [7, 11) is 0. The van der Waals surface area contributed by atoms with E-state index in [0.717, 1.165) is 54.4 Å². The number of fused-ring (bicyclic) bond motifs is 1. The number of thioether (sulfide) groups is 1. The van der Waals surface area contributed by atoms with E-state index in [9.17, 15) is 4.79 Å². The summed E-state index contributed by atoms with van der Waals surface area (Å²) in [6.45, 7) is 8.73. The molecule has 140 valence electrons. The molecule has 2 fully saturated rings. The average molecular weight is 375 g/mol. The minimum absolute atomic E-state index is 0.109. The second kappa shape index (κ2) is 7.71. The Hall–Kier alpha value is -1.37. The van der Waals surface area contributed by atoms with Crippen molar-refractivity contribution in [3.05, 3.63) is 34.6 Å². The fourth-order valence-corrected chi connectivity index (χ4v) is 4.86. The summed E-state index contributed by atoms with van der Waals surface area (Å²) >= 11 is 1.69. The normalized spacial score (nSPS) is 23.7. The molecule has 0 radical (unpaired) electrons. The Kier molecular flexibility index (Phi) is 5.34. The number of quaternary nitrogens is 1. The van der Waals surface area contributed by atoms with Crippen LogP contribution in [-0.2, 0) is 4.74 Å². The van der Waals surface area contributed by atoms with Gasteiger partial charge in [0.05, 0.1) is 24.1 Å². The maximum atomic E-state index is 12.9. The van der Waals surface area contributed by atoms with Gasteiger partial charge < -0.3 is 9.64 Å². The van der Waals surface area contributed by atoms with E-state index in [1.807, 2.05) is 28.8 Å². The number of hydrogen-bond donors (Lipinski definition) is 1. The van der Waals surface area contributed by atoms with Gasteiger partial charge in [-0.05, 0) is 25.0 Å². The van der Waals surface area contributed by atoms with Gasteiger partial charge in [0.2, 0.25) is 0 Å². The SMILES string of the molecule is CC(C)C[NH+]1CCO[C@@H](CSc2nc3ccccc3c(=O)n2C2CC2)C1. The van der Waals surface area contributed by atoms with Crippen LogP contribution in [0.3, 0.4) is 0 Å². The Labute approximate surface area is 158 Å². The van der Waals surface area contributed by atoms with Crippen molar-refractivity contribution in [2.75, 3.05) is 32.0 Å². The van der Waals surface area contributed by atoms with Gasteiger partial charge in [0, 0.05) is 17.7 Å². The summed E-state index contributed by atoms with van der Waals surface area (Å²) in [6, 6.07) is 8.01. The van der Waals surface area contributed by atoms with Crippen LogP contribution in [0.5, 0.6) is 0 Å². The molecule has 1 saturated heterocycles. The van der Waals surface area contributed by atoms with Gasteiger partial charge in [-0.15, -0.1) is 0 Å². The molecule has 1 N–H and O–H groups in total. The summed E-state index contributed by atoms with van der Waals surface area (Å²) in [5, 5.41) is 1.58. The quantitative estimate of drug-likeness (QED) is 0.618. The highest BCUT2D eigenvalue weighted by atomic mass is 32.2. The molecule has 0 bridgehead atoms. The minimum Gasteiger partial charge on any atom is -0.366 e. The Balaban J connectivity index is 1.52. The molecule has 0 amide bonds. The molecule has 1 aliphatic carbocycles. The number of benzene rings is 1. The van der Waals surface area contributed by atoms with Crippen LogP contribution in [0.4, 0.5) is 0 Å². The lowest BCUT2D eigenvalue weighted by atomic mass is 10.2. The molecule has 26 heavy (non-hydrogen) atoms. The van der Waals surface area contributed by atoms with Gasteiger partial charge in [0.15, 0.2) is 5.16 Å². The van der Waals surface area contributed by atoms with Crippen LogP contribution in [0, 0.1) is 5.92 Å². The highest BCUT2D eigenvalue weighted by Gasteiger charge is 2.30. The molecule has 1 aromatic carbocycles. The van der Waals surface area contributed by atoms with Gasteiger partial charge in [-0.2, -0.15) is 0 Å². The van der Waals surface area contributed by atoms with Crippen LogP contribution in [0.25, 0.3) is 10.9 Å². The molecule has 6 heteroatoms. The van der Waals surface area contributed by atoms with Crippen LogP contribution in [-0.4, -0.2) is 47.6 Å². The first kappa shape index (κ1) is 18.0. The summed E-state index contributed by atoms with van der Waals surface area (Å²) in [5.74, 6) is 1.57. The van der Waals surface area contributed by atoms with Crippen LogP contribution < -0.4 is 10.5 Å². The van der Waals surface area contributed by atoms with Gasteiger partial charge in [0.25, 0.3) is 5.56 Å². The predicted octanol–water partition coefficient (Wildman–Crippen LogP) is 1.76. The van der Waals surface area contributed by atoms with Crippen molar-refractivity contribution in [1.82, 2.24) is 9.55 Å². The highest BCUT2D eigenvalue weighted by molar-refractivity contribution is 7.99. The van der Waals surface area contributed by atoms with E-state index < -0.39 is 0 Å². The number of hydrogen-bond acceptors (Lipinski definition) is 4. The van der Waals surface area contributed by atoms with E-state index in [1.165, 1.54) is 6.54 Å². The average Bonchev–Trinajstić information content (AvgIpc) is 3.45. The smallest absolute Gasteiger partial charge is 0.262 e. The molecule has 4 rings (SSSR count). The molecule has 2 heterocycles. The van der Waals surface area contributed by atoms with E-state index in [2.05, 4.69) is 13.8 Å². The molecule has 1 aliphatic heterocycles. The zero-order valence-corrected chi connectivity index (χ0v) is 16.4. The lowest BCUT2D eigenvalue weighted by Crippen LogP contribution is -3.15. The topological polar surface area (TPSA) is 48.6 Å². The summed E-state index contributed by atoms with van der Waals surface area (Å²) < 4.78 is 7.91. The zero-order chi connectivity index (χ0) is 18.1. The molecule has 0 spiro atoms. The van der Waals surface area contributed by atoms with Crippen molar-refractivity contribution in [2.24, 2.45) is 5.92 Å². The maximum Gasteiger partial charge on any atom is 0.262 e. The zero-order valence-electron chi connectivity index (χ0n) is 15.6. The third-order valence-corrected chi connectivity index (χ3v) is 6.19. The van der Waals surface area contributed by atoms with Gasteiger partial charge in [-0.3, -0.25) is 9.36 Å². The molecule has 2 aromatic rings. The van der Waals surface area contributed by atoms with Gasteiger partial charge in [0.1, 0.15) is 19.2 Å². The van der Waals surface area contributed by atoms with E-state index in [4.69, 9.17) is 9.72 Å². The fraction of sp³-hybridized carbons (Fsp3) is 0.600. The van der Waals surface area contributed by atoms with E-state index in [0.29, 0.717) is 12.0 Å². The van der Waals surface area contributed by atoms with E-state index in [1.54, 1.807) is 16.7 Å². The van der Waals surface area contributed by atoms with Crippen LogP contribution >= 0.6 is 11.8 Å². The Morgan fingerprint density at radius 3 is 2.92 bits per heavy atom. The number of morpholine rings is 1. The summed E-state index contributed by atoms with van der Waals surface area (Å²) in [5.41, 5.74) is 0.908. The minimum atomic E-state index is 0.109. The van der Waals surface area contributed by atoms with Crippen molar-refractivity contribution in [3.63, 3.8) is 0 Å². The number of ether oxygens (including phenoxy) is 1. The number of rotatable bonds is 6. The van der Waals surface area contributed by atoms with Gasteiger partial charge >= 0.3 is 0 Å². The largest absolute Gasteiger partial charge is 0.366 e. The molecule has 1 saturated carbocycles. The lowest BCUT2D eigenvalue weighted by Gasteiger charge is -2.31. The van der Waals surface area contributed by atoms with E-state index >= 15 is 0 Å². The standard InChI is InChI=1S/C20H27N3O2S/c1-14(2)11-22-9-10-25-16(12-22)13-26-20-21-18-6-4-3-5-17(18)19(24)23(20)15-7-8-15/h3-6,14-16H,7-13H2,1-2H3/p+1/t16-/m1/s1. The maximum absolute atomic E-state index is 12.9. The number of nitrogens with zero attached hydrogens (tertiary/aromatic N) is 2. The Morgan fingerprint density at radius 2 is 2.15 bits per heavy atom. The third kappa shape index (κ3) is 3.97. The third-order valence-electron chi connectivity index (χ3n) is 5.11. The number of aromatic nitrogens is 2. The molecular formula is C20H28N3O2S+. The fourth-order valence-electron chi connectivity index (χ4n) is 3.77. The number of para-hydroxylation sites is 1. The Bertz CT molecular complexity index is 831. The number of nitrogens with one attached hydrogen (secondary N) is 1. The highest BCUT2D eigenvalue weighted by Crippen LogP contribution is 2.37. The first-order valence-electron chi connectivity index (χ1n) is 9.71. The molecule has 2 aliphatic rings. The lowest BCUT2D eigenvalue weighted by molar-refractivity contribution is -0.914. The first-order chi connectivity index (χ1) is 12.6. The van der Waals surface area contributed by atoms with Crippen LogP contribution in [0.2, 0.25) is 0 Å².